The number of fused-ring (bicyclic) bond motifs is 1. The quantitative estimate of drug-likeness (QED) is 0.703. The lowest BCUT2D eigenvalue weighted by molar-refractivity contribution is 0.112. The van der Waals surface area contributed by atoms with Gasteiger partial charge in [-0.15, -0.1) is 0 Å². The molecule has 0 fully saturated rings. The first kappa shape index (κ1) is 9.64. The van der Waals surface area contributed by atoms with Crippen LogP contribution in [-0.4, -0.2) is 20.8 Å². The van der Waals surface area contributed by atoms with E-state index >= 15 is 0 Å². The van der Waals surface area contributed by atoms with Crippen molar-refractivity contribution >= 4 is 23.3 Å². The molecule has 0 atom stereocenters. The van der Waals surface area contributed by atoms with Crippen molar-refractivity contribution in [3.8, 4) is 0 Å². The molecule has 78 valence electrons. The van der Waals surface area contributed by atoms with Crippen molar-refractivity contribution in [3.05, 3.63) is 17.0 Å². The monoisotopic (exact) mass is 204 g/mol. The van der Waals surface area contributed by atoms with Gasteiger partial charge in [0.15, 0.2) is 11.9 Å². The lowest BCUT2D eigenvalue weighted by atomic mass is 10.3. The Labute approximate surface area is 86.9 Å². The zero-order valence-electron chi connectivity index (χ0n) is 8.90. The molecule has 5 nitrogen and oxygen atoms in total. The number of rotatable bonds is 1. The fraction of sp³-hybridized carbons (Fsp3) is 0.300. The first-order valence-corrected chi connectivity index (χ1v) is 4.60. The number of aldehydes is 1. The molecule has 0 aliphatic rings. The molecule has 2 aromatic heterocycles. The predicted octanol–water partition coefficient (Wildman–Crippen LogP) is 0.980. The number of hydrogen-bond acceptors (Lipinski definition) is 4. The number of nitrogens with two attached hydrogens (primary N) is 1. The Bertz CT molecular complexity index is 556. The highest BCUT2D eigenvalue weighted by Gasteiger charge is 2.15. The molecule has 15 heavy (non-hydrogen) atoms. The van der Waals surface area contributed by atoms with Crippen LogP contribution in [0, 0.1) is 13.8 Å². The molecule has 2 aromatic rings. The second kappa shape index (κ2) is 3.05. The van der Waals surface area contributed by atoms with Crippen molar-refractivity contribution in [2.75, 3.05) is 5.73 Å². The molecule has 0 saturated heterocycles. The molecule has 0 aromatic carbocycles. The minimum absolute atomic E-state index is 0.407. The van der Waals surface area contributed by atoms with Gasteiger partial charge in [0.1, 0.15) is 11.3 Å². The topological polar surface area (TPSA) is 73.8 Å². The average molecular weight is 204 g/mol. The minimum atomic E-state index is 0.407. The molecule has 0 radical (unpaired) electrons. The standard InChI is InChI=1S/C10H12N4O/c1-5-6(2)13-10-8(12-5)7(4-15)9(11)14(10)3/h4H,11H2,1-3H3. The number of anilines is 1. The highest BCUT2D eigenvalue weighted by Crippen LogP contribution is 2.23. The second-order valence-electron chi connectivity index (χ2n) is 3.54. The summed E-state index contributed by atoms with van der Waals surface area (Å²) >= 11 is 0. The van der Waals surface area contributed by atoms with Crippen LogP contribution in [-0.2, 0) is 7.05 Å². The molecule has 0 aliphatic carbocycles. The van der Waals surface area contributed by atoms with E-state index in [0.29, 0.717) is 22.5 Å². The van der Waals surface area contributed by atoms with Gasteiger partial charge in [-0.3, -0.25) is 4.79 Å². The summed E-state index contributed by atoms with van der Waals surface area (Å²) in [6.07, 6.45) is 0.723. The third kappa shape index (κ3) is 1.20. The van der Waals surface area contributed by atoms with Crippen LogP contribution >= 0.6 is 0 Å². The number of aromatic nitrogens is 3. The number of carbonyl (C=O) groups excluding carboxylic acids is 1. The number of hydrogen-bond donors (Lipinski definition) is 1. The van der Waals surface area contributed by atoms with Crippen LogP contribution in [0.15, 0.2) is 0 Å². The second-order valence-corrected chi connectivity index (χ2v) is 3.54. The number of carbonyl (C=O) groups is 1. The Morgan fingerprint density at radius 3 is 2.47 bits per heavy atom. The number of aryl methyl sites for hydroxylation is 3. The highest BCUT2D eigenvalue weighted by molar-refractivity contribution is 5.99. The number of nitrogens with zero attached hydrogens (tertiary/aromatic N) is 3. The Kier molecular flexibility index (Phi) is 1.96. The fourth-order valence-corrected chi connectivity index (χ4v) is 1.54. The van der Waals surface area contributed by atoms with E-state index in [4.69, 9.17) is 5.73 Å². The summed E-state index contributed by atoms with van der Waals surface area (Å²) in [6, 6.07) is 0. The normalized spacial score (nSPS) is 10.9. The molecule has 0 bridgehead atoms. The molecule has 5 heteroatoms. The predicted molar refractivity (Wildman–Crippen MR) is 57.8 cm³/mol. The van der Waals surface area contributed by atoms with Crippen molar-refractivity contribution in [3.63, 3.8) is 0 Å². The molecule has 0 unspecified atom stereocenters. The van der Waals surface area contributed by atoms with Crippen molar-refractivity contribution in [2.24, 2.45) is 7.05 Å². The Morgan fingerprint density at radius 1 is 1.27 bits per heavy atom. The summed E-state index contributed by atoms with van der Waals surface area (Å²) in [5.74, 6) is 0.407. The van der Waals surface area contributed by atoms with E-state index in [0.717, 1.165) is 17.7 Å². The fourth-order valence-electron chi connectivity index (χ4n) is 1.54. The summed E-state index contributed by atoms with van der Waals surface area (Å²) in [5.41, 5.74) is 9.09. The molecule has 0 saturated carbocycles. The summed E-state index contributed by atoms with van der Waals surface area (Å²) in [4.78, 5) is 19.6. The van der Waals surface area contributed by atoms with E-state index < -0.39 is 0 Å². The first-order valence-electron chi connectivity index (χ1n) is 4.60. The van der Waals surface area contributed by atoms with Gasteiger partial charge in [0.2, 0.25) is 0 Å². The van der Waals surface area contributed by atoms with Gasteiger partial charge in [-0.05, 0) is 13.8 Å². The smallest absolute Gasteiger partial charge is 0.161 e. The Morgan fingerprint density at radius 2 is 1.87 bits per heavy atom. The van der Waals surface area contributed by atoms with Crippen LogP contribution in [0.25, 0.3) is 11.2 Å². The maximum Gasteiger partial charge on any atom is 0.161 e. The molecular formula is C10H12N4O. The van der Waals surface area contributed by atoms with E-state index in [-0.39, 0.29) is 0 Å². The first-order chi connectivity index (χ1) is 7.06. The maximum absolute atomic E-state index is 10.9. The molecule has 2 heterocycles. The van der Waals surface area contributed by atoms with Crippen molar-refractivity contribution in [1.82, 2.24) is 14.5 Å². The zero-order valence-corrected chi connectivity index (χ0v) is 8.90. The van der Waals surface area contributed by atoms with Crippen molar-refractivity contribution in [1.29, 1.82) is 0 Å². The third-order valence-corrected chi connectivity index (χ3v) is 2.62. The Balaban J connectivity index is 2.97. The van der Waals surface area contributed by atoms with Gasteiger partial charge >= 0.3 is 0 Å². The van der Waals surface area contributed by atoms with Gasteiger partial charge < -0.3 is 10.3 Å². The lowest BCUT2D eigenvalue weighted by Gasteiger charge is -2.00. The summed E-state index contributed by atoms with van der Waals surface area (Å²) < 4.78 is 1.68. The zero-order chi connectivity index (χ0) is 11.2. The SMILES string of the molecule is Cc1nc2c(C=O)c(N)n(C)c2nc1C. The van der Waals surface area contributed by atoms with Crippen LogP contribution in [0.2, 0.25) is 0 Å². The molecule has 0 aliphatic heterocycles. The van der Waals surface area contributed by atoms with E-state index in [1.165, 1.54) is 0 Å². The van der Waals surface area contributed by atoms with E-state index in [1.54, 1.807) is 11.6 Å². The number of nitrogen functional groups attached to an aromatic ring is 1. The molecule has 2 rings (SSSR count). The third-order valence-electron chi connectivity index (χ3n) is 2.62. The minimum Gasteiger partial charge on any atom is -0.384 e. The van der Waals surface area contributed by atoms with Gasteiger partial charge in [0.05, 0.1) is 17.0 Å². The maximum atomic E-state index is 10.9. The van der Waals surface area contributed by atoms with Gasteiger partial charge in [-0.25, -0.2) is 9.97 Å². The average Bonchev–Trinajstić information content (AvgIpc) is 2.42. The Hall–Kier alpha value is -1.91. The summed E-state index contributed by atoms with van der Waals surface area (Å²) in [6.45, 7) is 3.74. The lowest BCUT2D eigenvalue weighted by Crippen LogP contribution is -1.99. The van der Waals surface area contributed by atoms with Crippen molar-refractivity contribution in [2.45, 2.75) is 13.8 Å². The van der Waals surface area contributed by atoms with E-state index in [1.807, 2.05) is 13.8 Å². The molecule has 0 amide bonds. The largest absolute Gasteiger partial charge is 0.384 e. The van der Waals surface area contributed by atoms with Crippen molar-refractivity contribution < 1.29 is 4.79 Å². The van der Waals surface area contributed by atoms with E-state index in [2.05, 4.69) is 9.97 Å². The molecular weight excluding hydrogens is 192 g/mol. The molecule has 2 N–H and O–H groups in total. The van der Waals surface area contributed by atoms with Crippen LogP contribution in [0.1, 0.15) is 21.7 Å². The van der Waals surface area contributed by atoms with Crippen LogP contribution < -0.4 is 5.73 Å². The highest BCUT2D eigenvalue weighted by atomic mass is 16.1. The summed E-state index contributed by atoms with van der Waals surface area (Å²) in [5, 5.41) is 0. The van der Waals surface area contributed by atoms with Gasteiger partial charge in [0, 0.05) is 7.05 Å². The van der Waals surface area contributed by atoms with Crippen LogP contribution in [0.3, 0.4) is 0 Å². The molecule has 0 spiro atoms. The van der Waals surface area contributed by atoms with Gasteiger partial charge in [0.25, 0.3) is 0 Å². The van der Waals surface area contributed by atoms with E-state index in [9.17, 15) is 4.79 Å². The van der Waals surface area contributed by atoms with Gasteiger partial charge in [-0.1, -0.05) is 0 Å². The van der Waals surface area contributed by atoms with Gasteiger partial charge in [-0.2, -0.15) is 0 Å². The van der Waals surface area contributed by atoms with Crippen LogP contribution in [0.4, 0.5) is 5.82 Å². The van der Waals surface area contributed by atoms with Crippen LogP contribution in [0.5, 0.6) is 0 Å². The summed E-state index contributed by atoms with van der Waals surface area (Å²) in [7, 11) is 1.77.